The molecule has 2 heteroatoms. The van der Waals surface area contributed by atoms with E-state index in [2.05, 4.69) is 157 Å². The van der Waals surface area contributed by atoms with E-state index in [1.807, 2.05) is 6.07 Å². The fourth-order valence-electron chi connectivity index (χ4n) is 6.46. The van der Waals surface area contributed by atoms with Gasteiger partial charge >= 0.3 is 0 Å². The molecule has 0 spiro atoms. The largest absolute Gasteiger partial charge is 0.297 e. The van der Waals surface area contributed by atoms with Crippen LogP contribution in [0.2, 0.25) is 0 Å². The van der Waals surface area contributed by atoms with Gasteiger partial charge in [-0.3, -0.25) is 4.57 Å². The summed E-state index contributed by atoms with van der Waals surface area (Å²) >= 11 is 0. The molecule has 0 amide bonds. The number of imidazole rings is 1. The van der Waals surface area contributed by atoms with E-state index in [0.717, 1.165) is 22.5 Å². The highest BCUT2D eigenvalue weighted by molar-refractivity contribution is 6.22. The second-order valence-electron chi connectivity index (χ2n) is 10.8. The van der Waals surface area contributed by atoms with E-state index in [0.29, 0.717) is 0 Å². The van der Waals surface area contributed by atoms with Crippen molar-refractivity contribution in [1.82, 2.24) is 9.55 Å². The minimum atomic E-state index is 0.986. The Hall–Kier alpha value is -5.47. The minimum Gasteiger partial charge on any atom is -0.297 e. The van der Waals surface area contributed by atoms with Crippen LogP contribution in [0.1, 0.15) is 5.82 Å². The van der Waals surface area contributed by atoms with E-state index in [4.69, 9.17) is 4.98 Å². The van der Waals surface area contributed by atoms with Crippen LogP contribution in [-0.2, 0) is 0 Å². The first-order valence-electron chi connectivity index (χ1n) is 14.4. The number of benzene rings is 7. The maximum absolute atomic E-state index is 4.79. The van der Waals surface area contributed by atoms with Crippen LogP contribution in [-0.4, -0.2) is 9.55 Å². The Kier molecular flexibility index (Phi) is 5.72. The quantitative estimate of drug-likeness (QED) is 0.205. The first-order valence-corrected chi connectivity index (χ1v) is 14.4. The van der Waals surface area contributed by atoms with Crippen LogP contribution >= 0.6 is 0 Å². The Morgan fingerprint density at radius 1 is 0.429 bits per heavy atom. The molecular weight excluding hydrogens is 508 g/mol. The maximum atomic E-state index is 4.79. The number of hydrogen-bond donors (Lipinski definition) is 0. The lowest BCUT2D eigenvalue weighted by molar-refractivity contribution is 1.00. The SMILES string of the molecule is Cc1nc2ccccc2n1-c1ccc(-c2c3ccccc3c(-c3ccccc3)c3ccc(-c4ccccc4)cc23)cc1. The van der Waals surface area contributed by atoms with Gasteiger partial charge in [0.2, 0.25) is 0 Å². The second-order valence-corrected chi connectivity index (χ2v) is 10.8. The molecule has 0 N–H and O–H groups in total. The van der Waals surface area contributed by atoms with Gasteiger partial charge in [0.25, 0.3) is 0 Å². The lowest BCUT2D eigenvalue weighted by Crippen LogP contribution is -1.97. The molecule has 0 aliphatic rings. The van der Waals surface area contributed by atoms with Crippen LogP contribution < -0.4 is 0 Å². The Balaban J connectivity index is 1.41. The number of hydrogen-bond acceptors (Lipinski definition) is 1. The van der Waals surface area contributed by atoms with Crippen molar-refractivity contribution in [2.24, 2.45) is 0 Å². The monoisotopic (exact) mass is 536 g/mol. The summed E-state index contributed by atoms with van der Waals surface area (Å²) in [6.07, 6.45) is 0. The van der Waals surface area contributed by atoms with Crippen LogP contribution in [0, 0.1) is 6.92 Å². The van der Waals surface area contributed by atoms with Gasteiger partial charge < -0.3 is 0 Å². The summed E-state index contributed by atoms with van der Waals surface area (Å²) in [6.45, 7) is 2.07. The van der Waals surface area contributed by atoms with Crippen molar-refractivity contribution >= 4 is 32.6 Å². The molecule has 0 aliphatic heterocycles. The Labute approximate surface area is 245 Å². The standard InChI is InChI=1S/C40H28N2/c1-27-41-37-18-10-11-19-38(37)42(27)32-23-20-30(21-24-32)40-34-17-9-8-16-33(34)39(29-14-6-3-7-15-29)35-25-22-31(26-36(35)40)28-12-4-2-5-13-28/h2-26H,1H3. The lowest BCUT2D eigenvalue weighted by atomic mass is 9.85. The smallest absolute Gasteiger partial charge is 0.111 e. The zero-order valence-electron chi connectivity index (χ0n) is 23.3. The van der Waals surface area contributed by atoms with Crippen LogP contribution in [0.25, 0.3) is 71.6 Å². The molecule has 1 aromatic heterocycles. The average molecular weight is 537 g/mol. The molecule has 42 heavy (non-hydrogen) atoms. The number of aryl methyl sites for hydroxylation is 1. The zero-order chi connectivity index (χ0) is 28.0. The molecule has 8 rings (SSSR count). The average Bonchev–Trinajstić information content (AvgIpc) is 3.40. The van der Waals surface area contributed by atoms with Crippen molar-refractivity contribution in [3.63, 3.8) is 0 Å². The molecule has 0 bridgehead atoms. The summed E-state index contributed by atoms with van der Waals surface area (Å²) in [5.74, 6) is 0.986. The molecule has 7 aromatic carbocycles. The summed E-state index contributed by atoms with van der Waals surface area (Å²) in [6, 6.07) is 54.5. The van der Waals surface area contributed by atoms with Crippen molar-refractivity contribution in [2.75, 3.05) is 0 Å². The Bertz CT molecular complexity index is 2230. The highest BCUT2D eigenvalue weighted by Crippen LogP contribution is 2.44. The first kappa shape index (κ1) is 24.3. The Morgan fingerprint density at radius 3 is 1.67 bits per heavy atom. The van der Waals surface area contributed by atoms with Crippen molar-refractivity contribution in [3.05, 3.63) is 157 Å². The van der Waals surface area contributed by atoms with Gasteiger partial charge in [0, 0.05) is 5.69 Å². The van der Waals surface area contributed by atoms with Gasteiger partial charge in [0.15, 0.2) is 0 Å². The molecule has 198 valence electrons. The molecule has 8 aromatic rings. The Morgan fingerprint density at radius 2 is 0.952 bits per heavy atom. The third-order valence-electron chi connectivity index (χ3n) is 8.34. The van der Waals surface area contributed by atoms with E-state index in [-0.39, 0.29) is 0 Å². The number of rotatable bonds is 4. The van der Waals surface area contributed by atoms with Gasteiger partial charge in [-0.2, -0.15) is 0 Å². The minimum absolute atomic E-state index is 0.986. The van der Waals surface area contributed by atoms with E-state index in [1.54, 1.807) is 0 Å². The topological polar surface area (TPSA) is 17.8 Å². The molecule has 0 saturated carbocycles. The highest BCUT2D eigenvalue weighted by Gasteiger charge is 2.18. The summed E-state index contributed by atoms with van der Waals surface area (Å²) in [5.41, 5.74) is 10.7. The van der Waals surface area contributed by atoms with Crippen molar-refractivity contribution in [1.29, 1.82) is 0 Å². The third kappa shape index (κ3) is 3.92. The third-order valence-corrected chi connectivity index (χ3v) is 8.34. The van der Waals surface area contributed by atoms with E-state index >= 15 is 0 Å². The van der Waals surface area contributed by atoms with Gasteiger partial charge in [0.05, 0.1) is 11.0 Å². The molecule has 0 unspecified atom stereocenters. The lowest BCUT2D eigenvalue weighted by Gasteiger charge is -2.19. The van der Waals surface area contributed by atoms with Crippen LogP contribution in [0.15, 0.2) is 152 Å². The molecule has 1 heterocycles. The molecule has 2 nitrogen and oxygen atoms in total. The number of para-hydroxylation sites is 2. The van der Waals surface area contributed by atoms with E-state index in [9.17, 15) is 0 Å². The summed E-state index contributed by atoms with van der Waals surface area (Å²) in [7, 11) is 0. The fraction of sp³-hybridized carbons (Fsp3) is 0.0250. The molecular formula is C40H28N2. The first-order chi connectivity index (χ1) is 20.8. The van der Waals surface area contributed by atoms with Crippen LogP contribution in [0.5, 0.6) is 0 Å². The van der Waals surface area contributed by atoms with E-state index in [1.165, 1.54) is 54.9 Å². The normalized spacial score (nSPS) is 11.5. The summed E-state index contributed by atoms with van der Waals surface area (Å²) in [5, 5.41) is 5.03. The van der Waals surface area contributed by atoms with Gasteiger partial charge in [-0.1, -0.05) is 121 Å². The van der Waals surface area contributed by atoms with Crippen molar-refractivity contribution in [3.8, 4) is 39.1 Å². The summed E-state index contributed by atoms with van der Waals surface area (Å²) in [4.78, 5) is 4.79. The molecule has 0 atom stereocenters. The van der Waals surface area contributed by atoms with Crippen LogP contribution in [0.3, 0.4) is 0 Å². The number of aromatic nitrogens is 2. The summed E-state index contributed by atoms with van der Waals surface area (Å²) < 4.78 is 2.24. The predicted molar refractivity (Wildman–Crippen MR) is 177 cm³/mol. The second kappa shape index (κ2) is 9.87. The number of fused-ring (bicyclic) bond motifs is 3. The zero-order valence-corrected chi connectivity index (χ0v) is 23.3. The van der Waals surface area contributed by atoms with Crippen molar-refractivity contribution < 1.29 is 0 Å². The van der Waals surface area contributed by atoms with Crippen molar-refractivity contribution in [2.45, 2.75) is 6.92 Å². The molecule has 0 fully saturated rings. The molecule has 0 saturated heterocycles. The van der Waals surface area contributed by atoms with Gasteiger partial charge in [-0.05, 0) is 92.2 Å². The van der Waals surface area contributed by atoms with E-state index < -0.39 is 0 Å². The van der Waals surface area contributed by atoms with Gasteiger partial charge in [-0.15, -0.1) is 0 Å². The van der Waals surface area contributed by atoms with Crippen LogP contribution in [0.4, 0.5) is 0 Å². The van der Waals surface area contributed by atoms with Gasteiger partial charge in [-0.25, -0.2) is 4.98 Å². The molecule has 0 aliphatic carbocycles. The number of nitrogens with zero attached hydrogens (tertiary/aromatic N) is 2. The fourth-order valence-corrected chi connectivity index (χ4v) is 6.46. The molecule has 0 radical (unpaired) electrons. The van der Waals surface area contributed by atoms with Gasteiger partial charge in [0.1, 0.15) is 5.82 Å². The predicted octanol–water partition coefficient (Wildman–Crippen LogP) is 10.6. The highest BCUT2D eigenvalue weighted by atomic mass is 15.1. The maximum Gasteiger partial charge on any atom is 0.111 e.